The van der Waals surface area contributed by atoms with Crippen LogP contribution in [0.4, 0.5) is 0 Å². The molecule has 0 unspecified atom stereocenters. The molecule has 3 aromatic rings. The molecule has 1 aromatic heterocycles. The maximum absolute atomic E-state index is 12.9. The Kier molecular flexibility index (Phi) is 9.78. The molecule has 0 spiro atoms. The zero-order chi connectivity index (χ0) is 35.2. The van der Waals surface area contributed by atoms with Gasteiger partial charge in [-0.2, -0.15) is 0 Å². The minimum atomic E-state index is -2.19. The molecule has 2 fully saturated rings. The van der Waals surface area contributed by atoms with Crippen molar-refractivity contribution in [2.24, 2.45) is 0 Å². The van der Waals surface area contributed by atoms with Gasteiger partial charge in [0.2, 0.25) is 12.6 Å². The second-order valence-corrected chi connectivity index (χ2v) is 11.0. The van der Waals surface area contributed by atoms with Crippen molar-refractivity contribution in [2.75, 3.05) is 6.61 Å². The molecule has 2 aliphatic rings. The topological polar surface area (TPSA) is 324 Å². The molecular formula is C29H30O19. The first-order valence-corrected chi connectivity index (χ1v) is 14.1. The number of fused-ring (bicyclic) bond motifs is 1. The van der Waals surface area contributed by atoms with Crippen molar-refractivity contribution in [1.29, 1.82) is 0 Å². The molecule has 19 nitrogen and oxygen atoms in total. The highest BCUT2D eigenvalue weighted by Crippen LogP contribution is 2.37. The van der Waals surface area contributed by atoms with Crippen LogP contribution in [0.3, 0.4) is 0 Å². The number of carbonyl (C=O) groups excluding carboxylic acids is 1. The molecule has 19 heteroatoms. The number of ether oxygens (including phenoxy) is 4. The lowest BCUT2D eigenvalue weighted by Crippen LogP contribution is -2.63. The van der Waals surface area contributed by atoms with Crippen molar-refractivity contribution in [1.82, 2.24) is 0 Å². The van der Waals surface area contributed by atoms with E-state index in [4.69, 9.17) is 23.4 Å². The number of benzene rings is 2. The second-order valence-electron chi connectivity index (χ2n) is 11.0. The van der Waals surface area contributed by atoms with E-state index in [1.54, 1.807) is 0 Å². The molecule has 260 valence electrons. The number of esters is 1. The Morgan fingerprint density at radius 1 is 0.750 bits per heavy atom. The lowest BCUT2D eigenvalue weighted by molar-refractivity contribution is -0.302. The van der Waals surface area contributed by atoms with Gasteiger partial charge in [0.15, 0.2) is 29.1 Å². The van der Waals surface area contributed by atoms with Crippen molar-refractivity contribution < 1.29 is 89.1 Å². The number of aromatic hydroxyl groups is 3. The SMILES string of the molecule is O=C(O)[C@H]1O[C@H](OC(=O)[C@H]2O[C@H](Oc3cc(O)c4c(=O)cc(-c5cc(O)c(O)c(CCO)c5)oc4c3)[C@H](O)[C@@H](O)[C@@H]2O)[C@H](O)[C@@H](O)[C@@H]1O. The Labute approximate surface area is 267 Å². The second kappa shape index (κ2) is 13.5. The minimum absolute atomic E-state index is 0.0508. The minimum Gasteiger partial charge on any atom is -0.507 e. The lowest BCUT2D eigenvalue weighted by Gasteiger charge is -2.41. The third-order valence-electron chi connectivity index (χ3n) is 7.72. The summed E-state index contributed by atoms with van der Waals surface area (Å²) < 4.78 is 26.3. The predicted octanol–water partition coefficient (Wildman–Crippen LogP) is -3.27. The van der Waals surface area contributed by atoms with Gasteiger partial charge >= 0.3 is 11.9 Å². The Bertz CT molecular complexity index is 1750. The maximum atomic E-state index is 12.9. The summed E-state index contributed by atoms with van der Waals surface area (Å²) in [6.45, 7) is -0.374. The first-order chi connectivity index (χ1) is 22.6. The van der Waals surface area contributed by atoms with E-state index in [9.17, 15) is 70.6 Å². The smallest absolute Gasteiger partial charge is 0.340 e. The number of carboxylic acid groups (broad SMARTS) is 1. The quantitative estimate of drug-likeness (QED) is 0.0820. The fourth-order valence-corrected chi connectivity index (χ4v) is 5.19. The van der Waals surface area contributed by atoms with Crippen molar-refractivity contribution in [3.05, 3.63) is 46.1 Å². The number of phenolic OH excluding ortho intramolecular Hbond substituents is 3. The van der Waals surface area contributed by atoms with Crippen LogP contribution in [-0.2, 0) is 30.2 Å². The molecule has 2 saturated heterocycles. The Morgan fingerprint density at radius 3 is 2.02 bits per heavy atom. The number of hydrogen-bond acceptors (Lipinski definition) is 18. The van der Waals surface area contributed by atoms with Gasteiger partial charge in [0.1, 0.15) is 64.9 Å². The van der Waals surface area contributed by atoms with Crippen molar-refractivity contribution in [2.45, 2.75) is 67.8 Å². The van der Waals surface area contributed by atoms with E-state index in [1.165, 1.54) is 6.07 Å². The van der Waals surface area contributed by atoms with E-state index in [1.807, 2.05) is 0 Å². The summed E-state index contributed by atoms with van der Waals surface area (Å²) in [6.07, 6.45) is -21.4. The van der Waals surface area contributed by atoms with Crippen LogP contribution in [-0.4, -0.2) is 136 Å². The zero-order valence-electron chi connectivity index (χ0n) is 24.3. The van der Waals surface area contributed by atoms with E-state index in [0.29, 0.717) is 0 Å². The van der Waals surface area contributed by atoms with Crippen LogP contribution in [0.1, 0.15) is 5.56 Å². The van der Waals surface area contributed by atoms with Gasteiger partial charge in [-0.1, -0.05) is 0 Å². The third kappa shape index (κ3) is 6.45. The van der Waals surface area contributed by atoms with E-state index in [0.717, 1.165) is 24.3 Å². The van der Waals surface area contributed by atoms with Crippen LogP contribution >= 0.6 is 0 Å². The highest BCUT2D eigenvalue weighted by atomic mass is 16.7. The molecule has 11 N–H and O–H groups in total. The number of carbonyl (C=O) groups is 2. The van der Waals surface area contributed by atoms with Gasteiger partial charge < -0.3 is 79.5 Å². The molecule has 0 amide bonds. The summed E-state index contributed by atoms with van der Waals surface area (Å²) >= 11 is 0. The summed E-state index contributed by atoms with van der Waals surface area (Å²) in [4.78, 5) is 37.2. The van der Waals surface area contributed by atoms with Crippen LogP contribution in [0.25, 0.3) is 22.3 Å². The van der Waals surface area contributed by atoms with Gasteiger partial charge in [0.05, 0.1) is 0 Å². The highest BCUT2D eigenvalue weighted by Gasteiger charge is 2.52. The number of aliphatic hydroxyl groups excluding tert-OH is 7. The molecular weight excluding hydrogens is 652 g/mol. The Balaban J connectivity index is 1.41. The first kappa shape index (κ1) is 34.8. The van der Waals surface area contributed by atoms with Crippen molar-refractivity contribution in [3.8, 4) is 34.3 Å². The fourth-order valence-electron chi connectivity index (χ4n) is 5.19. The van der Waals surface area contributed by atoms with Crippen LogP contribution in [0.15, 0.2) is 39.5 Å². The van der Waals surface area contributed by atoms with Gasteiger partial charge in [0.25, 0.3) is 0 Å². The molecule has 0 saturated carbocycles. The molecule has 5 rings (SSSR count). The molecule has 48 heavy (non-hydrogen) atoms. The van der Waals surface area contributed by atoms with Crippen LogP contribution < -0.4 is 10.2 Å². The summed E-state index contributed by atoms with van der Waals surface area (Å²) in [5, 5.41) is 110. The summed E-state index contributed by atoms with van der Waals surface area (Å²) in [6, 6.07) is 5.37. The monoisotopic (exact) mass is 682 g/mol. The molecule has 0 bridgehead atoms. The summed E-state index contributed by atoms with van der Waals surface area (Å²) in [5.41, 5.74) is -0.821. The van der Waals surface area contributed by atoms with E-state index in [-0.39, 0.29) is 46.6 Å². The molecule has 2 aliphatic heterocycles. The highest BCUT2D eigenvalue weighted by molar-refractivity contribution is 5.86. The van der Waals surface area contributed by atoms with Gasteiger partial charge in [-0.15, -0.1) is 0 Å². The molecule has 0 aliphatic carbocycles. The predicted molar refractivity (Wildman–Crippen MR) is 151 cm³/mol. The maximum Gasteiger partial charge on any atom is 0.340 e. The molecule has 2 aromatic carbocycles. The first-order valence-electron chi connectivity index (χ1n) is 14.1. The normalized spacial score (nSPS) is 30.6. The standard InChI is InChI=1S/C29H30O19/c30-2-1-8-3-9(4-13(33)17(8)34)14-7-12(32)16-11(31)5-10(6-15(16)45-14)44-28-22(39)19(36)21(38)25(47-28)27(43)48-29-23(40)18(35)20(37)24(46-29)26(41)42/h3-7,18-25,28-31,33-40H,1-2H2,(H,41,42)/t18-,19-,20-,21-,22+,23+,24-,25-,28-,29+/m0/s1. The van der Waals surface area contributed by atoms with Crippen LogP contribution in [0.2, 0.25) is 0 Å². The summed E-state index contributed by atoms with van der Waals surface area (Å²) in [5.74, 6) is -5.63. The van der Waals surface area contributed by atoms with Gasteiger partial charge in [-0.25, -0.2) is 9.59 Å². The number of carboxylic acids is 1. The fraction of sp³-hybridized carbons (Fsp3) is 0.414. The Hall–Kier alpha value is -4.57. The van der Waals surface area contributed by atoms with Gasteiger partial charge in [-0.05, 0) is 18.6 Å². The van der Waals surface area contributed by atoms with Crippen LogP contribution in [0, 0.1) is 0 Å². The van der Waals surface area contributed by atoms with Gasteiger partial charge in [0, 0.05) is 35.9 Å². The van der Waals surface area contributed by atoms with E-state index >= 15 is 0 Å². The largest absolute Gasteiger partial charge is 0.507 e. The average Bonchev–Trinajstić information content (AvgIpc) is 3.03. The van der Waals surface area contributed by atoms with Crippen LogP contribution in [0.5, 0.6) is 23.0 Å². The van der Waals surface area contributed by atoms with Gasteiger partial charge in [-0.3, -0.25) is 4.79 Å². The number of aliphatic carboxylic acids is 1. The van der Waals surface area contributed by atoms with Crippen molar-refractivity contribution in [3.63, 3.8) is 0 Å². The molecule has 0 radical (unpaired) electrons. The number of rotatable bonds is 8. The van der Waals surface area contributed by atoms with E-state index < -0.39 is 96.0 Å². The lowest BCUT2D eigenvalue weighted by atomic mass is 9.98. The Morgan fingerprint density at radius 2 is 1.38 bits per heavy atom. The molecule has 10 atom stereocenters. The summed E-state index contributed by atoms with van der Waals surface area (Å²) in [7, 11) is 0. The molecule has 3 heterocycles. The van der Waals surface area contributed by atoms with E-state index in [2.05, 4.69) is 0 Å². The zero-order valence-corrected chi connectivity index (χ0v) is 24.3. The number of phenols is 3. The average molecular weight is 683 g/mol. The number of aliphatic hydroxyl groups is 7. The number of hydrogen-bond donors (Lipinski definition) is 11. The third-order valence-corrected chi connectivity index (χ3v) is 7.72. The van der Waals surface area contributed by atoms with Crippen molar-refractivity contribution >= 4 is 22.9 Å².